The van der Waals surface area contributed by atoms with Gasteiger partial charge in [-0.25, -0.2) is 17.5 Å². The highest BCUT2D eigenvalue weighted by Crippen LogP contribution is 2.28. The lowest BCUT2D eigenvalue weighted by Crippen LogP contribution is -2.30. The summed E-state index contributed by atoms with van der Waals surface area (Å²) in [6.07, 6.45) is 3.46. The average Bonchev–Trinajstić information content (AvgIpc) is 3.20. The van der Waals surface area contributed by atoms with E-state index in [9.17, 15) is 17.6 Å². The quantitative estimate of drug-likeness (QED) is 0.562. The molecule has 7 nitrogen and oxygen atoms in total. The maximum atomic E-state index is 13.4. The van der Waals surface area contributed by atoms with Gasteiger partial charge in [0.1, 0.15) is 5.82 Å². The lowest BCUT2D eigenvalue weighted by atomic mass is 9.95. The van der Waals surface area contributed by atoms with E-state index in [1.807, 2.05) is 0 Å². The Labute approximate surface area is 193 Å². The van der Waals surface area contributed by atoms with Gasteiger partial charge in [0.05, 0.1) is 10.6 Å². The van der Waals surface area contributed by atoms with Gasteiger partial charge in [0.15, 0.2) is 5.69 Å². The number of aromatic nitrogens is 2. The number of amides is 1. The van der Waals surface area contributed by atoms with Crippen molar-refractivity contribution in [1.82, 2.24) is 14.1 Å². The molecule has 2 aromatic carbocycles. The molecule has 1 aliphatic carbocycles. The first kappa shape index (κ1) is 23.1. The van der Waals surface area contributed by atoms with Gasteiger partial charge in [-0.2, -0.15) is 9.40 Å². The minimum absolute atomic E-state index is 0.128. The summed E-state index contributed by atoms with van der Waals surface area (Å²) >= 11 is 0. The zero-order valence-corrected chi connectivity index (χ0v) is 19.5. The van der Waals surface area contributed by atoms with Crippen molar-refractivity contribution in [2.45, 2.75) is 44.4 Å². The molecule has 0 aliphatic heterocycles. The topological polar surface area (TPSA) is 84.3 Å². The molecule has 0 bridgehead atoms. The number of nitrogens with zero attached hydrogens (tertiary/aromatic N) is 3. The van der Waals surface area contributed by atoms with Crippen molar-refractivity contribution >= 4 is 21.6 Å². The lowest BCUT2D eigenvalue weighted by Gasteiger charge is -2.18. The predicted molar refractivity (Wildman–Crippen MR) is 125 cm³/mol. The number of hydrogen-bond acceptors (Lipinski definition) is 4. The molecule has 0 saturated carbocycles. The highest BCUT2D eigenvalue weighted by atomic mass is 32.2. The Morgan fingerprint density at radius 3 is 2.48 bits per heavy atom. The number of fused-ring (bicyclic) bond motifs is 1. The molecule has 4 rings (SSSR count). The van der Waals surface area contributed by atoms with Crippen molar-refractivity contribution in [2.24, 2.45) is 0 Å². The van der Waals surface area contributed by atoms with E-state index in [-0.39, 0.29) is 10.7 Å². The van der Waals surface area contributed by atoms with Crippen LogP contribution in [-0.2, 0) is 22.9 Å². The van der Waals surface area contributed by atoms with Crippen molar-refractivity contribution in [3.8, 4) is 5.69 Å². The van der Waals surface area contributed by atoms with E-state index in [0.29, 0.717) is 30.2 Å². The van der Waals surface area contributed by atoms with Crippen molar-refractivity contribution in [3.05, 3.63) is 71.3 Å². The normalized spacial score (nSPS) is 13.7. The second-order valence-corrected chi connectivity index (χ2v) is 9.88. The Bertz CT molecular complexity index is 1270. The Kier molecular flexibility index (Phi) is 6.62. The second kappa shape index (κ2) is 9.44. The van der Waals surface area contributed by atoms with Crippen molar-refractivity contribution in [2.75, 3.05) is 18.4 Å². The third-order valence-electron chi connectivity index (χ3n) is 5.90. The van der Waals surface area contributed by atoms with Crippen LogP contribution in [0.5, 0.6) is 0 Å². The SMILES string of the molecule is CCN(CC)S(=O)(=O)c1cccc(NC(=O)c2nn(-c3ccc(F)cc3)c3c2CCCC3)c1. The number of carbonyl (C=O) groups is 1. The van der Waals surface area contributed by atoms with Gasteiger partial charge in [0.2, 0.25) is 10.0 Å². The highest BCUT2D eigenvalue weighted by molar-refractivity contribution is 7.89. The molecule has 3 aromatic rings. The van der Waals surface area contributed by atoms with E-state index in [4.69, 9.17) is 0 Å². The highest BCUT2D eigenvalue weighted by Gasteiger charge is 2.26. The first-order valence-electron chi connectivity index (χ1n) is 11.1. The van der Waals surface area contributed by atoms with Crippen LogP contribution in [0.25, 0.3) is 5.69 Å². The molecule has 33 heavy (non-hydrogen) atoms. The number of anilines is 1. The van der Waals surface area contributed by atoms with Gasteiger partial charge in [-0.3, -0.25) is 4.79 Å². The van der Waals surface area contributed by atoms with Crippen LogP contribution in [0.15, 0.2) is 53.4 Å². The third-order valence-corrected chi connectivity index (χ3v) is 7.95. The van der Waals surface area contributed by atoms with Gasteiger partial charge >= 0.3 is 0 Å². The van der Waals surface area contributed by atoms with Crippen molar-refractivity contribution in [1.29, 1.82) is 0 Å². The second-order valence-electron chi connectivity index (χ2n) is 7.94. The molecule has 1 heterocycles. The van der Waals surface area contributed by atoms with E-state index in [1.165, 1.54) is 28.6 Å². The molecule has 0 spiro atoms. The van der Waals surface area contributed by atoms with Crippen LogP contribution in [0.2, 0.25) is 0 Å². The fourth-order valence-electron chi connectivity index (χ4n) is 4.21. The number of hydrogen-bond donors (Lipinski definition) is 1. The number of benzene rings is 2. The zero-order valence-electron chi connectivity index (χ0n) is 18.7. The summed E-state index contributed by atoms with van der Waals surface area (Å²) in [5.74, 6) is -0.733. The number of nitrogens with one attached hydrogen (secondary N) is 1. The summed E-state index contributed by atoms with van der Waals surface area (Å²) < 4.78 is 42.2. The molecule has 1 aromatic heterocycles. The summed E-state index contributed by atoms with van der Waals surface area (Å²) in [6.45, 7) is 4.30. The summed E-state index contributed by atoms with van der Waals surface area (Å²) in [5.41, 5.74) is 3.23. The zero-order chi connectivity index (χ0) is 23.6. The number of halogens is 1. The van der Waals surface area contributed by atoms with Crippen molar-refractivity contribution in [3.63, 3.8) is 0 Å². The Balaban J connectivity index is 1.65. The average molecular weight is 471 g/mol. The van der Waals surface area contributed by atoms with Gasteiger partial charge in [-0.15, -0.1) is 0 Å². The molecule has 0 radical (unpaired) electrons. The van der Waals surface area contributed by atoms with E-state index < -0.39 is 15.9 Å². The molecule has 1 amide bonds. The van der Waals surface area contributed by atoms with Gasteiger partial charge in [0, 0.05) is 30.0 Å². The van der Waals surface area contributed by atoms with E-state index in [2.05, 4.69) is 10.4 Å². The van der Waals surface area contributed by atoms with Crippen LogP contribution in [0.4, 0.5) is 10.1 Å². The van der Waals surface area contributed by atoms with E-state index in [0.717, 1.165) is 36.9 Å². The first-order chi connectivity index (χ1) is 15.8. The monoisotopic (exact) mass is 470 g/mol. The van der Waals surface area contributed by atoms with Crippen LogP contribution >= 0.6 is 0 Å². The van der Waals surface area contributed by atoms with E-state index >= 15 is 0 Å². The van der Waals surface area contributed by atoms with Gasteiger partial charge < -0.3 is 5.32 Å². The smallest absolute Gasteiger partial charge is 0.276 e. The molecule has 0 unspecified atom stereocenters. The first-order valence-corrected chi connectivity index (χ1v) is 12.6. The number of sulfonamides is 1. The van der Waals surface area contributed by atoms with Crippen molar-refractivity contribution < 1.29 is 17.6 Å². The Morgan fingerprint density at radius 1 is 1.09 bits per heavy atom. The summed E-state index contributed by atoms with van der Waals surface area (Å²) in [6, 6.07) is 12.3. The summed E-state index contributed by atoms with van der Waals surface area (Å²) in [5, 5.41) is 7.38. The van der Waals surface area contributed by atoms with Crippen LogP contribution in [-0.4, -0.2) is 41.5 Å². The fraction of sp³-hybridized carbons (Fsp3) is 0.333. The summed E-state index contributed by atoms with van der Waals surface area (Å²) in [4.78, 5) is 13.3. The van der Waals surface area contributed by atoms with Gasteiger partial charge in [0.25, 0.3) is 5.91 Å². The maximum Gasteiger partial charge on any atom is 0.276 e. The van der Waals surface area contributed by atoms with Gasteiger partial charge in [-0.1, -0.05) is 19.9 Å². The maximum absolute atomic E-state index is 13.4. The fourth-order valence-corrected chi connectivity index (χ4v) is 5.72. The minimum Gasteiger partial charge on any atom is -0.321 e. The third kappa shape index (κ3) is 4.56. The molecule has 0 saturated heterocycles. The van der Waals surface area contributed by atoms with E-state index in [1.54, 1.807) is 42.8 Å². The Hall–Kier alpha value is -3.04. The summed E-state index contributed by atoms with van der Waals surface area (Å²) in [7, 11) is -3.64. The molecular formula is C24H27FN4O3S. The Morgan fingerprint density at radius 2 is 1.79 bits per heavy atom. The standard InChI is InChI=1S/C24H27FN4O3S/c1-3-28(4-2)33(31,32)20-9-7-8-18(16-20)26-24(30)23-21-10-5-6-11-22(21)29(27-23)19-14-12-17(25)13-15-19/h7-9,12-16H,3-6,10-11H2,1-2H3,(H,26,30). The molecule has 174 valence electrons. The number of rotatable bonds is 7. The van der Waals surface area contributed by atoms with Gasteiger partial charge in [-0.05, 0) is 68.1 Å². The molecule has 1 aliphatic rings. The molecular weight excluding hydrogens is 443 g/mol. The largest absolute Gasteiger partial charge is 0.321 e. The minimum atomic E-state index is -3.64. The molecule has 0 fully saturated rings. The molecule has 1 N–H and O–H groups in total. The van der Waals surface area contributed by atoms with Crippen LogP contribution in [0.3, 0.4) is 0 Å². The van der Waals surface area contributed by atoms with Crippen LogP contribution < -0.4 is 5.32 Å². The molecule has 9 heteroatoms. The number of carbonyl (C=O) groups excluding carboxylic acids is 1. The van der Waals surface area contributed by atoms with Crippen LogP contribution in [0.1, 0.15) is 48.4 Å². The van der Waals surface area contributed by atoms with Crippen LogP contribution in [0, 0.1) is 5.82 Å². The lowest BCUT2D eigenvalue weighted by molar-refractivity contribution is 0.102. The predicted octanol–water partition coefficient (Wildman–Crippen LogP) is 4.17. The molecule has 0 atom stereocenters.